The molecule has 0 spiro atoms. The zero-order valence-electron chi connectivity index (χ0n) is 19.5. The van der Waals surface area contributed by atoms with Crippen molar-refractivity contribution in [2.24, 2.45) is 0 Å². The quantitative estimate of drug-likeness (QED) is 0.282. The molecule has 18 nitrogen and oxygen atoms in total. The summed E-state index contributed by atoms with van der Waals surface area (Å²) in [6.07, 6.45) is 7.43. The van der Waals surface area contributed by atoms with Gasteiger partial charge in [-0.3, -0.25) is 0 Å². The van der Waals surface area contributed by atoms with Crippen molar-refractivity contribution < 1.29 is 13.5 Å². The Balaban J connectivity index is 1.54. The molecule has 1 saturated heterocycles. The summed E-state index contributed by atoms with van der Waals surface area (Å²) in [6.45, 7) is 0. The van der Waals surface area contributed by atoms with E-state index >= 15 is 0 Å². The van der Waals surface area contributed by atoms with Gasteiger partial charge < -0.3 is 13.5 Å². The summed E-state index contributed by atoms with van der Waals surface area (Å²) in [5, 5.41) is 41.2. The Hall–Kier alpha value is -5.28. The van der Waals surface area contributed by atoms with Crippen LogP contribution in [0.15, 0.2) is 72.9 Å². The highest BCUT2D eigenvalue weighted by molar-refractivity contribution is 7.13. The second kappa shape index (κ2) is 8.89. The second-order valence-corrected chi connectivity index (χ2v) is 9.99. The third-order valence-electron chi connectivity index (χ3n) is 5.83. The molecule has 8 heterocycles. The smallest absolute Gasteiger partial charge is 0.321 e. The van der Waals surface area contributed by atoms with E-state index in [-0.39, 0.29) is 11.8 Å². The van der Waals surface area contributed by atoms with E-state index in [4.69, 9.17) is 17.8 Å². The van der Waals surface area contributed by atoms with Crippen LogP contribution in [0.3, 0.4) is 0 Å². The molecule has 7 aromatic heterocycles. The number of nitrogens with zero attached hydrogens (tertiary/aromatic N) is 14. The van der Waals surface area contributed by atoms with Crippen molar-refractivity contribution in [2.45, 2.75) is 5.66 Å². The van der Waals surface area contributed by atoms with Gasteiger partial charge in [0.15, 0.2) is 12.1 Å². The van der Waals surface area contributed by atoms with E-state index in [0.717, 1.165) is 11.5 Å². The van der Waals surface area contributed by atoms with Crippen LogP contribution in [0.2, 0.25) is 0 Å². The van der Waals surface area contributed by atoms with Crippen molar-refractivity contribution in [2.75, 3.05) is 20.3 Å². The fraction of sp³-hybridized carbons (Fsp3) is 0.0526. The Morgan fingerprint density at radius 2 is 1.85 bits per heavy atom. The number of aromatic nitrogens is 11. The minimum Gasteiger partial charge on any atom is -0.431 e. The van der Waals surface area contributed by atoms with E-state index in [2.05, 4.69) is 50.5 Å². The fourth-order valence-electron chi connectivity index (χ4n) is 4.44. The van der Waals surface area contributed by atoms with Crippen LogP contribution < -0.4 is 20.3 Å². The number of hydrogen-bond acceptors (Lipinski definition) is 20. The van der Waals surface area contributed by atoms with Gasteiger partial charge >= 0.3 is 6.01 Å². The first-order valence-electron chi connectivity index (χ1n) is 11.1. The summed E-state index contributed by atoms with van der Waals surface area (Å²) in [7, 11) is 0. The lowest BCUT2D eigenvalue weighted by Crippen LogP contribution is -2.56. The Bertz CT molecular complexity index is 1710. The minimum absolute atomic E-state index is 0.135. The minimum atomic E-state index is -1.55. The van der Waals surface area contributed by atoms with Crippen LogP contribution in [0, 0.1) is 0 Å². The van der Waals surface area contributed by atoms with Gasteiger partial charge in [-0.15, -0.1) is 26.7 Å². The lowest BCUT2D eigenvalue weighted by atomic mass is 9.98. The van der Waals surface area contributed by atoms with Gasteiger partial charge in [-0.05, 0) is 29.1 Å². The summed E-state index contributed by atoms with van der Waals surface area (Å²) < 4.78 is 25.3. The van der Waals surface area contributed by atoms with E-state index in [1.54, 1.807) is 37.9 Å². The Labute approximate surface area is 233 Å². The largest absolute Gasteiger partial charge is 0.431 e. The molecule has 1 aliphatic rings. The Morgan fingerprint density at radius 3 is 2.55 bits per heavy atom. The topological polar surface area (TPSA) is 197 Å². The lowest BCUT2D eigenvalue weighted by Gasteiger charge is -2.37. The van der Waals surface area contributed by atoms with Crippen molar-refractivity contribution in [1.29, 1.82) is 0 Å². The number of hydrogen-bond donors (Lipinski definition) is 1. The number of H-pyrrole nitrogens is 1. The van der Waals surface area contributed by atoms with Crippen LogP contribution in [-0.4, -0.2) is 54.9 Å². The zero-order chi connectivity index (χ0) is 26.5. The van der Waals surface area contributed by atoms with Gasteiger partial charge in [0, 0.05) is 28.3 Å². The van der Waals surface area contributed by atoms with E-state index in [9.17, 15) is 0 Å². The van der Waals surface area contributed by atoms with E-state index < -0.39 is 5.66 Å². The average Bonchev–Trinajstić information content (AvgIpc) is 3.85. The van der Waals surface area contributed by atoms with Crippen molar-refractivity contribution in [3.8, 4) is 10.7 Å². The summed E-state index contributed by atoms with van der Waals surface area (Å²) in [6, 6.07) is 3.63. The van der Waals surface area contributed by atoms with Crippen molar-refractivity contribution in [3.63, 3.8) is 0 Å². The summed E-state index contributed by atoms with van der Waals surface area (Å²) in [4.78, 5) is 9.02. The molecule has 8 rings (SSSR count). The normalized spacial score (nSPS) is 17.4. The number of hydrazine groups is 3. The van der Waals surface area contributed by atoms with Crippen LogP contribution in [0.1, 0.15) is 11.4 Å². The van der Waals surface area contributed by atoms with Gasteiger partial charge in [0.05, 0.1) is 11.6 Å². The monoisotopic (exact) mass is 593 g/mol. The highest BCUT2D eigenvalue weighted by atomic mass is 32.1. The number of oxazole rings is 1. The number of aromatic amines is 1. The zero-order valence-corrected chi connectivity index (χ0v) is 21.9. The third-order valence-corrected chi connectivity index (χ3v) is 7.66. The molecule has 40 heavy (non-hydrogen) atoms. The average molecular weight is 594 g/mol. The molecule has 0 saturated carbocycles. The maximum Gasteiger partial charge on any atom is 0.321 e. The molecule has 0 bridgehead atoms. The standard InChI is InChI=1S/C19H11N15O3S3/c1-5-36-26-12(1)33-32(18-21-3-6-35-18)19(11-2-7-39-27-11,16-15(24-28-25-16)17-20-4-8-38-17)31(14-10-40-30-23-14)34(33)13-9-37-29-22-13/h1-10H,(H,24,25,28). The van der Waals surface area contributed by atoms with Gasteiger partial charge in [0.1, 0.15) is 34.6 Å². The number of rotatable bonds is 7. The molecule has 0 amide bonds. The highest BCUT2D eigenvalue weighted by Gasteiger charge is 2.66. The molecule has 21 heteroatoms. The third kappa shape index (κ3) is 3.12. The molecule has 7 aromatic rings. The number of thiazole rings is 1. The van der Waals surface area contributed by atoms with Crippen LogP contribution >= 0.6 is 34.4 Å². The first-order valence-corrected chi connectivity index (χ1v) is 13.7. The van der Waals surface area contributed by atoms with E-state index in [1.165, 1.54) is 47.9 Å². The van der Waals surface area contributed by atoms with Crippen LogP contribution in [0.25, 0.3) is 10.7 Å². The van der Waals surface area contributed by atoms with Crippen LogP contribution in [-0.2, 0) is 5.66 Å². The molecule has 0 aromatic carbocycles. The van der Waals surface area contributed by atoms with Crippen LogP contribution in [0.4, 0.5) is 23.5 Å². The molecular weight excluding hydrogens is 583 g/mol. The van der Waals surface area contributed by atoms with Gasteiger partial charge in [-0.1, -0.05) is 14.7 Å². The van der Waals surface area contributed by atoms with Gasteiger partial charge in [-0.25, -0.2) is 15.0 Å². The SMILES string of the molecule is c1coc(N2N(c3ccon3)N(c3conn3)N(c3csnn3)C2(c2ccsn2)c2n[nH]nc2-c2nccs2)n1. The summed E-state index contributed by atoms with van der Waals surface area (Å²) in [5.74, 6) is 0.936. The molecule has 1 atom stereocenters. The Morgan fingerprint density at radius 1 is 0.875 bits per heavy atom. The molecule has 1 aliphatic heterocycles. The molecule has 1 fully saturated rings. The van der Waals surface area contributed by atoms with Gasteiger partial charge in [0.25, 0.3) is 5.66 Å². The summed E-state index contributed by atoms with van der Waals surface area (Å²) >= 11 is 3.79. The molecule has 1 N–H and O–H groups in total. The van der Waals surface area contributed by atoms with Gasteiger partial charge in [-0.2, -0.15) is 24.8 Å². The highest BCUT2D eigenvalue weighted by Crippen LogP contribution is 2.53. The van der Waals surface area contributed by atoms with Gasteiger partial charge in [0.2, 0.25) is 11.6 Å². The molecule has 0 radical (unpaired) electrons. The predicted octanol–water partition coefficient (Wildman–Crippen LogP) is 2.58. The lowest BCUT2D eigenvalue weighted by molar-refractivity contribution is 0.393. The van der Waals surface area contributed by atoms with Crippen molar-refractivity contribution >= 4 is 57.9 Å². The summed E-state index contributed by atoms with van der Waals surface area (Å²) in [5.41, 5.74) is -0.213. The first kappa shape index (κ1) is 22.7. The molecule has 1 unspecified atom stereocenters. The number of nitrogens with one attached hydrogen (secondary N) is 1. The fourth-order valence-corrected chi connectivity index (χ4v) is 6.04. The van der Waals surface area contributed by atoms with Crippen molar-refractivity contribution in [1.82, 2.24) is 54.9 Å². The van der Waals surface area contributed by atoms with E-state index in [1.807, 2.05) is 16.8 Å². The molecule has 198 valence electrons. The molecular formula is C19H11N15O3S3. The number of anilines is 4. The maximum absolute atomic E-state index is 5.93. The predicted molar refractivity (Wildman–Crippen MR) is 138 cm³/mol. The maximum atomic E-state index is 5.93. The molecule has 0 aliphatic carbocycles. The Kier molecular flexibility index (Phi) is 5.04. The van der Waals surface area contributed by atoms with Crippen LogP contribution in [0.5, 0.6) is 0 Å². The van der Waals surface area contributed by atoms with E-state index in [0.29, 0.717) is 33.7 Å². The first-order chi connectivity index (χ1) is 19.9. The van der Waals surface area contributed by atoms with Crippen molar-refractivity contribution in [3.05, 3.63) is 70.8 Å². The second-order valence-electron chi connectivity index (χ2n) is 7.82.